The van der Waals surface area contributed by atoms with Crippen molar-refractivity contribution in [2.75, 3.05) is 30.0 Å². The van der Waals surface area contributed by atoms with Gasteiger partial charge in [-0.1, -0.05) is 15.9 Å². The number of nitrogens with zero attached hydrogens (tertiary/aromatic N) is 4. The fraction of sp³-hybridized carbons (Fsp3) is 0.250. The third-order valence-corrected chi connectivity index (χ3v) is 2.80. The number of halogens is 1. The number of aryl methyl sites for hydroxylation is 1. The molecule has 0 aliphatic carbocycles. The first-order valence-electron chi connectivity index (χ1n) is 5.67. The Morgan fingerprint density at radius 2 is 1.89 bits per heavy atom. The van der Waals surface area contributed by atoms with Crippen LogP contribution in [0.15, 0.2) is 22.7 Å². The van der Waals surface area contributed by atoms with Crippen molar-refractivity contribution in [3.63, 3.8) is 0 Å². The van der Waals surface area contributed by atoms with E-state index < -0.39 is 0 Å². The van der Waals surface area contributed by atoms with Gasteiger partial charge < -0.3 is 16.0 Å². The zero-order valence-electron chi connectivity index (χ0n) is 11.0. The molecule has 2 aromatic rings. The Morgan fingerprint density at radius 1 is 1.16 bits per heavy atom. The van der Waals surface area contributed by atoms with Crippen molar-refractivity contribution >= 4 is 39.5 Å². The number of hydrogen-bond acceptors (Lipinski definition) is 6. The van der Waals surface area contributed by atoms with E-state index in [1.165, 1.54) is 0 Å². The maximum absolute atomic E-state index is 5.67. The maximum Gasteiger partial charge on any atom is 0.233 e. The normalized spacial score (nSPS) is 10.3. The Labute approximate surface area is 120 Å². The molecule has 0 unspecified atom stereocenters. The van der Waals surface area contributed by atoms with Crippen LogP contribution in [0.2, 0.25) is 0 Å². The van der Waals surface area contributed by atoms with Gasteiger partial charge in [-0.25, -0.2) is 0 Å². The van der Waals surface area contributed by atoms with Crippen LogP contribution >= 0.6 is 15.9 Å². The summed E-state index contributed by atoms with van der Waals surface area (Å²) < 4.78 is 0.991. The second-order valence-electron chi connectivity index (χ2n) is 4.35. The predicted octanol–water partition coefficient (Wildman–Crippen LogP) is 2.33. The lowest BCUT2D eigenvalue weighted by Gasteiger charge is -2.12. The topological polar surface area (TPSA) is 80.0 Å². The van der Waals surface area contributed by atoms with Crippen molar-refractivity contribution in [2.45, 2.75) is 6.92 Å². The largest absolute Gasteiger partial charge is 0.368 e. The van der Waals surface area contributed by atoms with Gasteiger partial charge in [0.2, 0.25) is 17.8 Å². The molecule has 3 N–H and O–H groups in total. The zero-order chi connectivity index (χ0) is 14.0. The van der Waals surface area contributed by atoms with Gasteiger partial charge in [-0.05, 0) is 30.7 Å². The fourth-order valence-corrected chi connectivity index (χ4v) is 2.18. The molecule has 19 heavy (non-hydrogen) atoms. The highest BCUT2D eigenvalue weighted by Gasteiger charge is 2.06. The summed E-state index contributed by atoms with van der Waals surface area (Å²) in [5.74, 6) is 1.13. The Bertz CT molecular complexity index is 579. The summed E-state index contributed by atoms with van der Waals surface area (Å²) in [5, 5.41) is 3.12. The average Bonchev–Trinajstić information content (AvgIpc) is 2.26. The molecule has 1 aromatic carbocycles. The highest BCUT2D eigenvalue weighted by atomic mass is 79.9. The first-order valence-corrected chi connectivity index (χ1v) is 6.46. The van der Waals surface area contributed by atoms with Crippen LogP contribution in [0.4, 0.5) is 23.5 Å². The van der Waals surface area contributed by atoms with Crippen molar-refractivity contribution < 1.29 is 0 Å². The van der Waals surface area contributed by atoms with Gasteiger partial charge >= 0.3 is 0 Å². The van der Waals surface area contributed by atoms with Crippen molar-refractivity contribution in [1.82, 2.24) is 15.0 Å². The van der Waals surface area contributed by atoms with E-state index in [-0.39, 0.29) is 5.95 Å². The molecule has 0 atom stereocenters. The molecule has 1 aromatic heterocycles. The molecular weight excluding hydrogens is 308 g/mol. The number of nitrogens with two attached hydrogens (primary N) is 1. The van der Waals surface area contributed by atoms with Gasteiger partial charge in [-0.3, -0.25) is 0 Å². The number of hydrogen-bond donors (Lipinski definition) is 2. The van der Waals surface area contributed by atoms with E-state index in [0.29, 0.717) is 11.9 Å². The van der Waals surface area contributed by atoms with E-state index in [9.17, 15) is 0 Å². The molecule has 7 heteroatoms. The van der Waals surface area contributed by atoms with Gasteiger partial charge in [0.05, 0.1) is 0 Å². The molecule has 0 aliphatic heterocycles. The lowest BCUT2D eigenvalue weighted by molar-refractivity contribution is 0.969. The van der Waals surface area contributed by atoms with Crippen LogP contribution in [0, 0.1) is 6.92 Å². The minimum absolute atomic E-state index is 0.188. The summed E-state index contributed by atoms with van der Waals surface area (Å²) in [5.41, 5.74) is 7.69. The van der Waals surface area contributed by atoms with E-state index >= 15 is 0 Å². The standard InChI is InChI=1S/C12H15BrN6/c1-7-4-8(13)6-9(5-7)15-11-16-10(14)17-12(18-11)19(2)3/h4-6H,1-3H3,(H3,14,15,16,17,18). The van der Waals surface area contributed by atoms with E-state index in [0.717, 1.165) is 15.7 Å². The fourth-order valence-electron chi connectivity index (χ4n) is 1.57. The SMILES string of the molecule is Cc1cc(Br)cc(Nc2nc(N)nc(N(C)C)n2)c1. The van der Waals surface area contributed by atoms with E-state index in [1.54, 1.807) is 4.90 Å². The van der Waals surface area contributed by atoms with Crippen molar-refractivity contribution in [3.8, 4) is 0 Å². The second kappa shape index (κ2) is 5.40. The quantitative estimate of drug-likeness (QED) is 0.902. The summed E-state index contributed by atoms with van der Waals surface area (Å²) >= 11 is 3.45. The van der Waals surface area contributed by atoms with Crippen LogP contribution in [0.25, 0.3) is 0 Å². The number of benzene rings is 1. The van der Waals surface area contributed by atoms with Gasteiger partial charge in [0.25, 0.3) is 0 Å². The van der Waals surface area contributed by atoms with Crippen molar-refractivity contribution in [3.05, 3.63) is 28.2 Å². The van der Waals surface area contributed by atoms with E-state index in [1.807, 2.05) is 39.2 Å². The number of aromatic nitrogens is 3. The molecule has 0 saturated heterocycles. The first-order chi connectivity index (χ1) is 8.94. The molecule has 0 fully saturated rings. The number of nitrogen functional groups attached to an aromatic ring is 1. The van der Waals surface area contributed by atoms with E-state index in [2.05, 4.69) is 36.2 Å². The number of rotatable bonds is 3. The van der Waals surface area contributed by atoms with Crippen LogP contribution in [0.3, 0.4) is 0 Å². The smallest absolute Gasteiger partial charge is 0.233 e. The second-order valence-corrected chi connectivity index (χ2v) is 5.27. The minimum Gasteiger partial charge on any atom is -0.368 e. The van der Waals surface area contributed by atoms with Crippen LogP contribution in [0.5, 0.6) is 0 Å². The molecule has 2 rings (SSSR count). The van der Waals surface area contributed by atoms with Gasteiger partial charge in [0.15, 0.2) is 0 Å². The molecule has 0 amide bonds. The molecule has 1 heterocycles. The summed E-state index contributed by atoms with van der Waals surface area (Å²) in [6.45, 7) is 2.02. The zero-order valence-corrected chi connectivity index (χ0v) is 12.6. The van der Waals surface area contributed by atoms with Crippen LogP contribution in [-0.2, 0) is 0 Å². The van der Waals surface area contributed by atoms with E-state index in [4.69, 9.17) is 5.73 Å². The van der Waals surface area contributed by atoms with Crippen LogP contribution in [-0.4, -0.2) is 29.0 Å². The van der Waals surface area contributed by atoms with Gasteiger partial charge in [0, 0.05) is 24.3 Å². The summed E-state index contributed by atoms with van der Waals surface area (Å²) in [6, 6.07) is 5.97. The molecule has 6 nitrogen and oxygen atoms in total. The predicted molar refractivity (Wildman–Crippen MR) is 80.7 cm³/mol. The van der Waals surface area contributed by atoms with Crippen molar-refractivity contribution in [1.29, 1.82) is 0 Å². The minimum atomic E-state index is 0.188. The monoisotopic (exact) mass is 322 g/mol. The summed E-state index contributed by atoms with van der Waals surface area (Å²) in [6.07, 6.45) is 0. The molecular formula is C12H15BrN6. The molecule has 0 saturated carbocycles. The number of anilines is 4. The molecule has 0 radical (unpaired) electrons. The molecule has 100 valence electrons. The first kappa shape index (κ1) is 13.5. The molecule has 0 bridgehead atoms. The lowest BCUT2D eigenvalue weighted by atomic mass is 10.2. The maximum atomic E-state index is 5.67. The van der Waals surface area contributed by atoms with Crippen LogP contribution < -0.4 is 16.0 Å². The summed E-state index contributed by atoms with van der Waals surface area (Å²) in [4.78, 5) is 14.2. The highest BCUT2D eigenvalue weighted by Crippen LogP contribution is 2.22. The Kier molecular flexibility index (Phi) is 3.84. The van der Waals surface area contributed by atoms with Crippen LogP contribution in [0.1, 0.15) is 5.56 Å². The molecule has 0 spiro atoms. The third kappa shape index (κ3) is 3.54. The van der Waals surface area contributed by atoms with Gasteiger partial charge in [-0.15, -0.1) is 0 Å². The Balaban J connectivity index is 2.32. The van der Waals surface area contributed by atoms with Gasteiger partial charge in [0.1, 0.15) is 0 Å². The Hall–Kier alpha value is -1.89. The summed E-state index contributed by atoms with van der Waals surface area (Å²) in [7, 11) is 3.70. The highest BCUT2D eigenvalue weighted by molar-refractivity contribution is 9.10. The third-order valence-electron chi connectivity index (χ3n) is 2.34. The average molecular weight is 323 g/mol. The number of nitrogens with one attached hydrogen (secondary N) is 1. The lowest BCUT2D eigenvalue weighted by Crippen LogP contribution is -2.15. The molecule has 0 aliphatic rings. The van der Waals surface area contributed by atoms with Gasteiger partial charge in [-0.2, -0.15) is 15.0 Å². The Morgan fingerprint density at radius 3 is 2.53 bits per heavy atom. The van der Waals surface area contributed by atoms with Crippen molar-refractivity contribution in [2.24, 2.45) is 0 Å².